The van der Waals surface area contributed by atoms with Gasteiger partial charge in [0.05, 0.1) is 0 Å². The van der Waals surface area contributed by atoms with Crippen LogP contribution in [0.5, 0.6) is 0 Å². The average Bonchev–Trinajstić information content (AvgIpc) is 3.12. The van der Waals surface area contributed by atoms with Gasteiger partial charge in [0.25, 0.3) is 0 Å². The van der Waals surface area contributed by atoms with Crippen molar-refractivity contribution in [1.29, 1.82) is 0 Å². The zero-order valence-electron chi connectivity index (χ0n) is 11.0. The highest BCUT2D eigenvalue weighted by Gasteiger charge is 2.62. The highest BCUT2D eigenvalue weighted by atomic mass is 16.8. The second kappa shape index (κ2) is 4.24. The maximum atomic E-state index is 6.03. The van der Waals surface area contributed by atoms with Gasteiger partial charge in [0.2, 0.25) is 0 Å². The molecule has 17 heavy (non-hydrogen) atoms. The lowest BCUT2D eigenvalue weighted by Gasteiger charge is -2.37. The zero-order valence-corrected chi connectivity index (χ0v) is 11.0. The summed E-state index contributed by atoms with van der Waals surface area (Å²) in [4.78, 5) is 0. The number of hydrogen-bond acceptors (Lipinski definition) is 5. The number of epoxide rings is 1. The topological polar surface area (TPSA) is 55.0 Å². The lowest BCUT2D eigenvalue weighted by molar-refractivity contribution is -0.135. The Bertz CT molecular complexity index is 311. The van der Waals surface area contributed by atoms with Gasteiger partial charge in [-0.3, -0.25) is 10.6 Å². The first-order valence-corrected chi connectivity index (χ1v) is 6.17. The van der Waals surface area contributed by atoms with Crippen LogP contribution in [0.15, 0.2) is 12.3 Å². The summed E-state index contributed by atoms with van der Waals surface area (Å²) in [5, 5.41) is 6.34. The van der Waals surface area contributed by atoms with E-state index in [0.717, 1.165) is 12.8 Å². The predicted molar refractivity (Wildman–Crippen MR) is 64.1 cm³/mol. The van der Waals surface area contributed by atoms with Gasteiger partial charge in [-0.2, -0.15) is 0 Å². The fraction of sp³-hybridized carbons (Fsp3) is 0.833. The van der Waals surface area contributed by atoms with E-state index >= 15 is 0 Å². The monoisotopic (exact) mass is 242 g/mol. The predicted octanol–water partition coefficient (Wildman–Crippen LogP) is 0.923. The van der Waals surface area contributed by atoms with Crippen molar-refractivity contribution in [2.75, 3.05) is 14.1 Å². The molecule has 0 spiro atoms. The molecule has 2 aliphatic rings. The van der Waals surface area contributed by atoms with Gasteiger partial charge in [0.1, 0.15) is 5.76 Å². The summed E-state index contributed by atoms with van der Waals surface area (Å²) in [5.41, 5.74) is -1.19. The number of likely N-dealkylation sites (N-methyl/N-ethyl adjacent to an activating group) is 2. The Morgan fingerprint density at radius 1 is 1.24 bits per heavy atom. The fourth-order valence-electron chi connectivity index (χ4n) is 2.44. The van der Waals surface area contributed by atoms with Crippen LogP contribution in [0.2, 0.25) is 0 Å². The van der Waals surface area contributed by atoms with Crippen LogP contribution < -0.4 is 10.6 Å². The molecule has 0 aromatic heterocycles. The van der Waals surface area contributed by atoms with Gasteiger partial charge < -0.3 is 14.2 Å². The van der Waals surface area contributed by atoms with Gasteiger partial charge in [0.15, 0.2) is 23.8 Å². The number of nitrogens with one attached hydrogen (secondary N) is 2. The maximum absolute atomic E-state index is 6.03. The van der Waals surface area contributed by atoms with Crippen molar-refractivity contribution >= 4 is 0 Å². The van der Waals surface area contributed by atoms with Crippen LogP contribution in [0.4, 0.5) is 0 Å². The minimum absolute atomic E-state index is 0.0731. The maximum Gasteiger partial charge on any atom is 0.192 e. The molecule has 98 valence electrons. The molecule has 2 heterocycles. The van der Waals surface area contributed by atoms with Crippen LogP contribution in [0.1, 0.15) is 26.7 Å². The molecular weight excluding hydrogens is 220 g/mol. The third-order valence-electron chi connectivity index (χ3n) is 3.83. The zero-order chi connectivity index (χ0) is 12.7. The minimum Gasteiger partial charge on any atom is -0.470 e. The lowest BCUT2D eigenvalue weighted by atomic mass is 10.1. The largest absolute Gasteiger partial charge is 0.470 e. The lowest BCUT2D eigenvalue weighted by Crippen LogP contribution is -2.52. The van der Waals surface area contributed by atoms with Crippen LogP contribution in [0.3, 0.4) is 0 Å². The van der Waals surface area contributed by atoms with E-state index < -0.39 is 11.4 Å². The SMILES string of the molecule is C=C1OC(CC)(NC)C2OC2OC1(CC)NC. The van der Waals surface area contributed by atoms with Crippen LogP contribution in [0.25, 0.3) is 0 Å². The van der Waals surface area contributed by atoms with Gasteiger partial charge in [0, 0.05) is 6.42 Å². The summed E-state index contributed by atoms with van der Waals surface area (Å²) in [6, 6.07) is 0. The van der Waals surface area contributed by atoms with Crippen molar-refractivity contribution in [2.45, 2.75) is 50.5 Å². The standard InChI is InChI=1S/C12H22N2O3/c1-6-11(13-4)8(3)16-12(7-2,14-5)9-10(15-9)17-11/h9-10,13-14H,3,6-7H2,1-2,4-5H3. The Morgan fingerprint density at radius 2 is 1.94 bits per heavy atom. The van der Waals surface area contributed by atoms with Gasteiger partial charge in [-0.15, -0.1) is 0 Å². The highest BCUT2D eigenvalue weighted by molar-refractivity contribution is 5.13. The first-order chi connectivity index (χ1) is 8.07. The molecule has 2 N–H and O–H groups in total. The molecule has 0 saturated carbocycles. The Balaban J connectivity index is 2.29. The summed E-state index contributed by atoms with van der Waals surface area (Å²) in [6.07, 6.45) is 1.22. The molecular formula is C12H22N2O3. The van der Waals surface area contributed by atoms with E-state index in [1.165, 1.54) is 0 Å². The molecule has 0 aliphatic carbocycles. The van der Waals surface area contributed by atoms with E-state index in [0.29, 0.717) is 5.76 Å². The van der Waals surface area contributed by atoms with Crippen molar-refractivity contribution in [3.63, 3.8) is 0 Å². The minimum atomic E-state index is -0.660. The summed E-state index contributed by atoms with van der Waals surface area (Å²) in [6.45, 7) is 8.10. The molecule has 2 aliphatic heterocycles. The Labute approximate surface area is 102 Å². The Morgan fingerprint density at radius 3 is 2.41 bits per heavy atom. The van der Waals surface area contributed by atoms with Crippen molar-refractivity contribution < 1.29 is 14.2 Å². The summed E-state index contributed by atoms with van der Waals surface area (Å²) < 4.78 is 17.5. The van der Waals surface area contributed by atoms with E-state index in [2.05, 4.69) is 24.1 Å². The molecule has 2 rings (SSSR count). The first-order valence-electron chi connectivity index (χ1n) is 6.17. The van der Waals surface area contributed by atoms with Crippen molar-refractivity contribution in [2.24, 2.45) is 0 Å². The van der Waals surface area contributed by atoms with E-state index in [1.807, 2.05) is 21.0 Å². The van der Waals surface area contributed by atoms with Crippen molar-refractivity contribution in [3.05, 3.63) is 12.3 Å². The number of rotatable bonds is 4. The van der Waals surface area contributed by atoms with E-state index in [4.69, 9.17) is 14.2 Å². The number of fused-ring (bicyclic) bond motifs is 1. The van der Waals surface area contributed by atoms with Crippen molar-refractivity contribution in [3.8, 4) is 0 Å². The van der Waals surface area contributed by atoms with E-state index in [-0.39, 0.29) is 12.4 Å². The van der Waals surface area contributed by atoms with Gasteiger partial charge in [-0.05, 0) is 20.5 Å². The summed E-state index contributed by atoms with van der Waals surface area (Å²) >= 11 is 0. The molecule has 4 atom stereocenters. The third kappa shape index (κ3) is 1.78. The summed E-state index contributed by atoms with van der Waals surface area (Å²) in [5.74, 6) is 0.606. The summed E-state index contributed by atoms with van der Waals surface area (Å²) in [7, 11) is 3.71. The molecule has 5 nitrogen and oxygen atoms in total. The Hall–Kier alpha value is -0.620. The van der Waals surface area contributed by atoms with Crippen LogP contribution in [-0.4, -0.2) is 37.9 Å². The van der Waals surface area contributed by atoms with Crippen LogP contribution >= 0.6 is 0 Å². The second-order valence-corrected chi connectivity index (χ2v) is 4.49. The van der Waals surface area contributed by atoms with Gasteiger partial charge in [-0.25, -0.2) is 0 Å². The molecule has 2 fully saturated rings. The van der Waals surface area contributed by atoms with Crippen LogP contribution in [0, 0.1) is 0 Å². The van der Waals surface area contributed by atoms with Gasteiger partial charge in [-0.1, -0.05) is 20.4 Å². The average molecular weight is 242 g/mol. The molecule has 0 bridgehead atoms. The molecule has 0 aromatic rings. The fourth-order valence-corrected chi connectivity index (χ4v) is 2.44. The normalized spacial score (nSPS) is 44.8. The highest BCUT2D eigenvalue weighted by Crippen LogP contribution is 2.45. The third-order valence-corrected chi connectivity index (χ3v) is 3.83. The molecule has 4 unspecified atom stereocenters. The first kappa shape index (κ1) is 12.8. The van der Waals surface area contributed by atoms with Crippen molar-refractivity contribution in [1.82, 2.24) is 10.6 Å². The second-order valence-electron chi connectivity index (χ2n) is 4.49. The molecule has 0 radical (unpaired) electrons. The molecule has 0 aromatic carbocycles. The van der Waals surface area contributed by atoms with E-state index in [1.54, 1.807) is 0 Å². The van der Waals surface area contributed by atoms with Crippen LogP contribution in [-0.2, 0) is 14.2 Å². The Kier molecular flexibility index (Phi) is 3.20. The quantitative estimate of drug-likeness (QED) is 0.718. The molecule has 5 heteroatoms. The van der Waals surface area contributed by atoms with Gasteiger partial charge >= 0.3 is 0 Å². The van der Waals surface area contributed by atoms with E-state index in [9.17, 15) is 0 Å². The smallest absolute Gasteiger partial charge is 0.192 e. The molecule has 2 saturated heterocycles. The molecule has 0 amide bonds. The number of hydrogen-bond donors (Lipinski definition) is 2. The number of ether oxygens (including phenoxy) is 3.